The Labute approximate surface area is 188 Å². The molecule has 0 aliphatic heterocycles. The lowest BCUT2D eigenvalue weighted by Crippen LogP contribution is -2.40. The lowest BCUT2D eigenvalue weighted by atomic mass is 10.2. The first-order valence-electron chi connectivity index (χ1n) is 8.58. The van der Waals surface area contributed by atoms with Crippen molar-refractivity contribution in [1.82, 2.24) is 4.90 Å². The van der Waals surface area contributed by atoms with Crippen LogP contribution < -0.4 is 4.72 Å². The predicted octanol–water partition coefficient (Wildman–Crippen LogP) is 2.58. The zero-order valence-electron chi connectivity index (χ0n) is 16.4. The molecule has 0 unspecified atom stereocenters. The van der Waals surface area contributed by atoms with Crippen molar-refractivity contribution in [2.24, 2.45) is 0 Å². The number of nitrogens with one attached hydrogen (secondary N) is 1. The van der Waals surface area contributed by atoms with Crippen LogP contribution in [0.25, 0.3) is 0 Å². The second-order valence-electron chi connectivity index (χ2n) is 6.07. The third-order valence-corrected chi connectivity index (χ3v) is 6.05. The van der Waals surface area contributed by atoms with E-state index in [0.29, 0.717) is 0 Å². The number of amides is 1. The molecule has 0 bridgehead atoms. The van der Waals surface area contributed by atoms with Crippen molar-refractivity contribution in [3.05, 3.63) is 58.1 Å². The zero-order valence-corrected chi connectivity index (χ0v) is 18.8. The van der Waals surface area contributed by atoms with Gasteiger partial charge in [-0.15, -0.1) is 0 Å². The quantitative estimate of drug-likeness (QED) is 0.566. The Morgan fingerprint density at radius 3 is 2.00 bits per heavy atom. The van der Waals surface area contributed by atoms with Crippen LogP contribution in [0.5, 0.6) is 0 Å². The average molecular weight is 489 g/mol. The monoisotopic (exact) mass is 488 g/mol. The van der Waals surface area contributed by atoms with E-state index in [0.717, 1.165) is 19.1 Å². The lowest BCUT2D eigenvalue weighted by Gasteiger charge is -2.20. The van der Waals surface area contributed by atoms with Crippen LogP contribution in [0.2, 0.25) is 10.0 Å². The predicted molar refractivity (Wildman–Crippen MR) is 114 cm³/mol. The van der Waals surface area contributed by atoms with Gasteiger partial charge in [0.25, 0.3) is 15.9 Å². The summed E-state index contributed by atoms with van der Waals surface area (Å²) in [5.74, 6) is -2.09. The smallest absolute Gasteiger partial charge is 0.325 e. The molecule has 0 atom stereocenters. The standard InChI is InChI=1S/C19H18Cl2N2O7S/c1-29-17(24)10-23(11-18(25)30-2)19(26)12-3-6-14(7-4-12)22-31(27,28)16-9-13(20)5-8-15(16)21/h3-9,22H,10-11H2,1-2H3. The second kappa shape index (κ2) is 10.5. The topological polar surface area (TPSA) is 119 Å². The fraction of sp³-hybridized carbons (Fsp3) is 0.211. The van der Waals surface area contributed by atoms with Gasteiger partial charge in [-0.3, -0.25) is 19.1 Å². The molecule has 0 radical (unpaired) electrons. The molecular formula is C19H18Cl2N2O7S. The number of ether oxygens (including phenoxy) is 2. The van der Waals surface area contributed by atoms with Gasteiger partial charge in [-0.25, -0.2) is 8.42 Å². The summed E-state index contributed by atoms with van der Waals surface area (Å²) in [4.78, 5) is 36.5. The summed E-state index contributed by atoms with van der Waals surface area (Å²) in [6.07, 6.45) is 0. The fourth-order valence-corrected chi connectivity index (χ4v) is 4.22. The maximum atomic E-state index is 12.7. The number of anilines is 1. The summed E-state index contributed by atoms with van der Waals surface area (Å²) < 4.78 is 36.6. The van der Waals surface area contributed by atoms with E-state index < -0.39 is 41.0 Å². The number of carbonyl (C=O) groups is 3. The molecule has 31 heavy (non-hydrogen) atoms. The Bertz CT molecular complexity index is 1070. The van der Waals surface area contributed by atoms with Crippen molar-refractivity contribution in [2.75, 3.05) is 32.0 Å². The molecule has 0 saturated heterocycles. The van der Waals surface area contributed by atoms with E-state index in [4.69, 9.17) is 23.2 Å². The number of carbonyl (C=O) groups excluding carboxylic acids is 3. The molecule has 0 fully saturated rings. The largest absolute Gasteiger partial charge is 0.468 e. The minimum Gasteiger partial charge on any atom is -0.468 e. The summed E-state index contributed by atoms with van der Waals surface area (Å²) in [5.41, 5.74) is 0.261. The Morgan fingerprint density at radius 1 is 0.935 bits per heavy atom. The molecule has 9 nitrogen and oxygen atoms in total. The number of nitrogens with zero attached hydrogens (tertiary/aromatic N) is 1. The maximum Gasteiger partial charge on any atom is 0.325 e. The minimum absolute atomic E-state index is 0.00930. The molecule has 1 amide bonds. The van der Waals surface area contributed by atoms with E-state index >= 15 is 0 Å². The third-order valence-electron chi connectivity index (χ3n) is 3.95. The Kier molecular flexibility index (Phi) is 8.26. The van der Waals surface area contributed by atoms with Crippen LogP contribution >= 0.6 is 23.2 Å². The number of esters is 2. The molecule has 2 rings (SSSR count). The van der Waals surface area contributed by atoms with Gasteiger partial charge in [-0.05, 0) is 42.5 Å². The second-order valence-corrected chi connectivity index (χ2v) is 8.57. The van der Waals surface area contributed by atoms with Gasteiger partial charge in [-0.1, -0.05) is 23.2 Å². The first-order valence-corrected chi connectivity index (χ1v) is 10.8. The van der Waals surface area contributed by atoms with E-state index in [1.54, 1.807) is 0 Å². The van der Waals surface area contributed by atoms with Gasteiger partial charge in [0.1, 0.15) is 18.0 Å². The summed E-state index contributed by atoms with van der Waals surface area (Å²) in [6, 6.07) is 9.38. The number of hydrogen-bond acceptors (Lipinski definition) is 7. The summed E-state index contributed by atoms with van der Waals surface area (Å²) >= 11 is 11.8. The van der Waals surface area contributed by atoms with Crippen LogP contribution in [0, 0.1) is 0 Å². The van der Waals surface area contributed by atoms with E-state index in [9.17, 15) is 22.8 Å². The van der Waals surface area contributed by atoms with E-state index in [1.165, 1.54) is 42.5 Å². The van der Waals surface area contributed by atoms with Crippen LogP contribution in [0.1, 0.15) is 10.4 Å². The molecule has 0 saturated carbocycles. The van der Waals surface area contributed by atoms with Crippen LogP contribution in [0.3, 0.4) is 0 Å². The Balaban J connectivity index is 2.22. The van der Waals surface area contributed by atoms with Crippen molar-refractivity contribution in [2.45, 2.75) is 4.90 Å². The molecular weight excluding hydrogens is 471 g/mol. The minimum atomic E-state index is -4.04. The molecule has 0 aliphatic carbocycles. The van der Waals surface area contributed by atoms with Gasteiger partial charge in [0, 0.05) is 16.3 Å². The van der Waals surface area contributed by atoms with Crippen LogP contribution in [0.4, 0.5) is 5.69 Å². The fourth-order valence-electron chi connectivity index (χ4n) is 2.40. The normalized spacial score (nSPS) is 10.8. The molecule has 0 aliphatic rings. The molecule has 12 heteroatoms. The van der Waals surface area contributed by atoms with E-state index in [2.05, 4.69) is 14.2 Å². The maximum absolute atomic E-state index is 12.7. The highest BCUT2D eigenvalue weighted by molar-refractivity contribution is 7.92. The van der Waals surface area contributed by atoms with Crippen molar-refractivity contribution in [3.63, 3.8) is 0 Å². The SMILES string of the molecule is COC(=O)CN(CC(=O)OC)C(=O)c1ccc(NS(=O)(=O)c2cc(Cl)ccc2Cl)cc1. The molecule has 0 spiro atoms. The summed E-state index contributed by atoms with van der Waals surface area (Å²) in [6.45, 7) is -0.932. The van der Waals surface area contributed by atoms with Gasteiger partial charge in [0.15, 0.2) is 0 Å². The lowest BCUT2D eigenvalue weighted by molar-refractivity contribution is -0.144. The molecule has 1 N–H and O–H groups in total. The van der Waals surface area contributed by atoms with Gasteiger partial charge in [-0.2, -0.15) is 0 Å². The number of sulfonamides is 1. The van der Waals surface area contributed by atoms with Crippen molar-refractivity contribution < 1.29 is 32.3 Å². The van der Waals surface area contributed by atoms with Crippen LogP contribution in [0.15, 0.2) is 47.4 Å². The van der Waals surface area contributed by atoms with Crippen molar-refractivity contribution in [3.8, 4) is 0 Å². The van der Waals surface area contributed by atoms with Gasteiger partial charge < -0.3 is 14.4 Å². The zero-order chi connectivity index (χ0) is 23.2. The number of methoxy groups -OCH3 is 2. The van der Waals surface area contributed by atoms with Gasteiger partial charge >= 0.3 is 11.9 Å². The number of rotatable bonds is 8. The highest BCUT2D eigenvalue weighted by atomic mass is 35.5. The average Bonchev–Trinajstić information content (AvgIpc) is 2.74. The Morgan fingerprint density at radius 2 is 1.48 bits per heavy atom. The van der Waals surface area contributed by atoms with E-state index in [1.807, 2.05) is 0 Å². The third kappa shape index (κ3) is 6.58. The Hall–Kier alpha value is -2.82. The highest BCUT2D eigenvalue weighted by Crippen LogP contribution is 2.27. The van der Waals surface area contributed by atoms with Gasteiger partial charge in [0.05, 0.1) is 19.2 Å². The number of halogens is 2. The molecule has 2 aromatic carbocycles. The number of hydrogen-bond donors (Lipinski definition) is 1. The van der Waals surface area contributed by atoms with Crippen LogP contribution in [-0.4, -0.2) is 58.5 Å². The van der Waals surface area contributed by atoms with Gasteiger partial charge in [0.2, 0.25) is 0 Å². The van der Waals surface area contributed by atoms with E-state index in [-0.39, 0.29) is 26.2 Å². The molecule has 2 aromatic rings. The summed E-state index contributed by atoms with van der Waals surface area (Å²) in [7, 11) is -1.74. The van der Waals surface area contributed by atoms with Crippen molar-refractivity contribution in [1.29, 1.82) is 0 Å². The summed E-state index contributed by atoms with van der Waals surface area (Å²) in [5, 5.41) is 0.187. The molecule has 0 heterocycles. The molecule has 0 aromatic heterocycles. The van der Waals surface area contributed by atoms with Crippen molar-refractivity contribution >= 4 is 56.8 Å². The van der Waals surface area contributed by atoms with Crippen LogP contribution in [-0.2, 0) is 29.1 Å². The first kappa shape index (κ1) is 24.4. The highest BCUT2D eigenvalue weighted by Gasteiger charge is 2.23. The first-order chi connectivity index (χ1) is 14.6. The number of benzene rings is 2. The molecule has 166 valence electrons.